The van der Waals surface area contributed by atoms with Gasteiger partial charge in [-0.05, 0) is 42.3 Å². The molecule has 0 saturated carbocycles. The predicted octanol–water partition coefficient (Wildman–Crippen LogP) is 2.43. The number of sulfone groups is 1. The average molecular weight is 360 g/mol. The maximum atomic E-state index is 11.8. The van der Waals surface area contributed by atoms with Crippen molar-refractivity contribution in [3.8, 4) is 11.5 Å². The largest absolute Gasteiger partial charge is 0.504 e. The Balaban J connectivity index is 1.90. The summed E-state index contributed by atoms with van der Waals surface area (Å²) in [6.45, 7) is 0. The van der Waals surface area contributed by atoms with Crippen molar-refractivity contribution in [1.29, 1.82) is 0 Å². The first-order chi connectivity index (χ1) is 12.0. The normalized spacial score (nSPS) is 19.2. The molecule has 1 unspecified atom stereocenters. The Hall–Kier alpha value is -2.54. The van der Waals surface area contributed by atoms with E-state index in [-0.39, 0.29) is 23.3 Å². The van der Waals surface area contributed by atoms with E-state index in [0.29, 0.717) is 12.2 Å². The van der Waals surface area contributed by atoms with Gasteiger partial charge in [-0.3, -0.25) is 5.01 Å². The SMILES string of the molecule is COc1cc(/C=N/N(c2ccccc2)C2CCS(=O)(=O)C2)ccc1O. The molecule has 2 aromatic carbocycles. The molecule has 0 amide bonds. The zero-order chi connectivity index (χ0) is 17.9. The molecule has 7 heteroatoms. The minimum atomic E-state index is -3.02. The number of phenols is 1. The number of ether oxygens (including phenoxy) is 1. The summed E-state index contributed by atoms with van der Waals surface area (Å²) in [5.74, 6) is 0.696. The zero-order valence-corrected chi connectivity index (χ0v) is 14.7. The molecule has 6 nitrogen and oxygen atoms in total. The van der Waals surface area contributed by atoms with E-state index in [4.69, 9.17) is 4.74 Å². The van der Waals surface area contributed by atoms with Gasteiger partial charge < -0.3 is 9.84 Å². The Kier molecular flexibility index (Phi) is 4.94. The summed E-state index contributed by atoms with van der Waals surface area (Å²) >= 11 is 0. The van der Waals surface area contributed by atoms with Crippen LogP contribution in [0.4, 0.5) is 5.69 Å². The molecule has 1 saturated heterocycles. The lowest BCUT2D eigenvalue weighted by atomic mass is 10.2. The van der Waals surface area contributed by atoms with Crippen molar-refractivity contribution in [2.75, 3.05) is 23.6 Å². The molecule has 1 atom stereocenters. The summed E-state index contributed by atoms with van der Waals surface area (Å²) in [6, 6.07) is 14.2. The van der Waals surface area contributed by atoms with Gasteiger partial charge in [-0.1, -0.05) is 18.2 Å². The number of benzene rings is 2. The number of nitrogens with zero attached hydrogens (tertiary/aromatic N) is 2. The summed E-state index contributed by atoms with van der Waals surface area (Å²) in [6.07, 6.45) is 2.19. The van der Waals surface area contributed by atoms with Crippen molar-refractivity contribution < 1.29 is 18.3 Å². The van der Waals surface area contributed by atoms with E-state index in [1.165, 1.54) is 13.2 Å². The number of phenolic OH excluding ortho intramolecular Hbond substituents is 1. The maximum absolute atomic E-state index is 11.8. The second-order valence-electron chi connectivity index (χ2n) is 5.91. The van der Waals surface area contributed by atoms with Crippen LogP contribution in [-0.2, 0) is 9.84 Å². The molecule has 25 heavy (non-hydrogen) atoms. The fourth-order valence-electron chi connectivity index (χ4n) is 2.82. The summed E-state index contributed by atoms with van der Waals surface area (Å²) in [5.41, 5.74) is 1.59. The summed E-state index contributed by atoms with van der Waals surface area (Å²) in [7, 11) is -1.53. The smallest absolute Gasteiger partial charge is 0.161 e. The average Bonchev–Trinajstić information content (AvgIpc) is 2.97. The Morgan fingerprint density at radius 3 is 2.64 bits per heavy atom. The highest BCUT2D eigenvalue weighted by Crippen LogP contribution is 2.27. The van der Waals surface area contributed by atoms with E-state index in [2.05, 4.69) is 5.10 Å². The van der Waals surface area contributed by atoms with Gasteiger partial charge in [0.25, 0.3) is 0 Å². The van der Waals surface area contributed by atoms with Crippen molar-refractivity contribution in [3.63, 3.8) is 0 Å². The first-order valence-electron chi connectivity index (χ1n) is 7.94. The lowest BCUT2D eigenvalue weighted by molar-refractivity contribution is 0.373. The number of anilines is 1. The molecule has 132 valence electrons. The van der Waals surface area contributed by atoms with E-state index in [1.54, 1.807) is 23.4 Å². The molecule has 1 aliphatic heterocycles. The second-order valence-corrected chi connectivity index (χ2v) is 8.14. The van der Waals surface area contributed by atoms with Gasteiger partial charge in [-0.25, -0.2) is 8.42 Å². The molecule has 1 heterocycles. The van der Waals surface area contributed by atoms with Gasteiger partial charge in [0.2, 0.25) is 0 Å². The number of hydrazone groups is 1. The second kappa shape index (κ2) is 7.14. The monoisotopic (exact) mass is 360 g/mol. The molecule has 1 fully saturated rings. The van der Waals surface area contributed by atoms with E-state index < -0.39 is 9.84 Å². The quantitative estimate of drug-likeness (QED) is 0.654. The minimum absolute atomic E-state index is 0.0569. The van der Waals surface area contributed by atoms with Gasteiger partial charge in [0.1, 0.15) is 0 Å². The third-order valence-corrected chi connectivity index (χ3v) is 5.86. The van der Waals surface area contributed by atoms with Gasteiger partial charge in [0.05, 0.1) is 36.6 Å². The highest BCUT2D eigenvalue weighted by molar-refractivity contribution is 7.91. The summed E-state index contributed by atoms with van der Waals surface area (Å²) < 4.78 is 28.8. The van der Waals surface area contributed by atoms with Crippen molar-refractivity contribution in [1.82, 2.24) is 0 Å². The van der Waals surface area contributed by atoms with Gasteiger partial charge in [0.15, 0.2) is 21.3 Å². The number of rotatable bonds is 5. The van der Waals surface area contributed by atoms with Crippen LogP contribution in [0.3, 0.4) is 0 Å². The van der Waals surface area contributed by atoms with Gasteiger partial charge in [0, 0.05) is 0 Å². The molecule has 3 rings (SSSR count). The number of hydrogen-bond acceptors (Lipinski definition) is 6. The number of aromatic hydroxyl groups is 1. The van der Waals surface area contributed by atoms with Crippen LogP contribution in [0.25, 0.3) is 0 Å². The molecule has 0 aliphatic carbocycles. The molecule has 2 aromatic rings. The summed E-state index contributed by atoms with van der Waals surface area (Å²) in [5, 5.41) is 16.0. The van der Waals surface area contributed by atoms with Crippen molar-refractivity contribution in [2.24, 2.45) is 5.10 Å². The Labute approximate surface area is 147 Å². The van der Waals surface area contributed by atoms with Crippen LogP contribution in [0.5, 0.6) is 11.5 Å². The van der Waals surface area contributed by atoms with Crippen LogP contribution in [0.1, 0.15) is 12.0 Å². The molecular weight excluding hydrogens is 340 g/mol. The van der Waals surface area contributed by atoms with Crippen molar-refractivity contribution in [2.45, 2.75) is 12.5 Å². The van der Waals surface area contributed by atoms with Crippen LogP contribution < -0.4 is 9.75 Å². The Morgan fingerprint density at radius 1 is 1.24 bits per heavy atom. The van der Waals surface area contributed by atoms with Gasteiger partial charge >= 0.3 is 0 Å². The molecule has 0 bridgehead atoms. The van der Waals surface area contributed by atoms with Crippen molar-refractivity contribution in [3.05, 3.63) is 54.1 Å². The lowest BCUT2D eigenvalue weighted by Crippen LogP contribution is -2.31. The highest BCUT2D eigenvalue weighted by atomic mass is 32.2. The van der Waals surface area contributed by atoms with Gasteiger partial charge in [-0.2, -0.15) is 5.10 Å². The molecule has 0 spiro atoms. The number of para-hydroxylation sites is 1. The third-order valence-electron chi connectivity index (χ3n) is 4.11. The van der Waals surface area contributed by atoms with E-state index in [1.807, 2.05) is 30.3 Å². The number of hydrogen-bond donors (Lipinski definition) is 1. The van der Waals surface area contributed by atoms with Crippen LogP contribution in [-0.4, -0.2) is 44.4 Å². The molecular formula is C18H20N2O4S. The van der Waals surface area contributed by atoms with Crippen molar-refractivity contribution >= 4 is 21.7 Å². The highest BCUT2D eigenvalue weighted by Gasteiger charge is 2.32. The van der Waals surface area contributed by atoms with E-state index >= 15 is 0 Å². The Bertz CT molecular complexity index is 866. The van der Waals surface area contributed by atoms with Crippen LogP contribution in [0.15, 0.2) is 53.6 Å². The summed E-state index contributed by atoms with van der Waals surface area (Å²) in [4.78, 5) is 0. The number of methoxy groups -OCH3 is 1. The Morgan fingerprint density at radius 2 is 2.00 bits per heavy atom. The third kappa shape index (κ3) is 4.11. The van der Waals surface area contributed by atoms with E-state index in [0.717, 1.165) is 11.3 Å². The maximum Gasteiger partial charge on any atom is 0.161 e. The zero-order valence-electron chi connectivity index (χ0n) is 13.9. The van der Waals surface area contributed by atoms with Crippen LogP contribution >= 0.6 is 0 Å². The molecule has 0 radical (unpaired) electrons. The lowest BCUT2D eigenvalue weighted by Gasteiger charge is -2.25. The molecule has 0 aromatic heterocycles. The minimum Gasteiger partial charge on any atom is -0.504 e. The molecule has 1 N–H and O–H groups in total. The van der Waals surface area contributed by atoms with Crippen LogP contribution in [0, 0.1) is 0 Å². The first kappa shape index (κ1) is 17.3. The van der Waals surface area contributed by atoms with Crippen LogP contribution in [0.2, 0.25) is 0 Å². The topological polar surface area (TPSA) is 79.2 Å². The molecule has 1 aliphatic rings. The van der Waals surface area contributed by atoms with Gasteiger partial charge in [-0.15, -0.1) is 0 Å². The fraction of sp³-hybridized carbons (Fsp3) is 0.278. The first-order valence-corrected chi connectivity index (χ1v) is 9.76. The van der Waals surface area contributed by atoms with E-state index in [9.17, 15) is 13.5 Å². The standard InChI is InChI=1S/C18H20N2O4S/c1-24-18-11-14(7-8-17(18)21)12-19-20(15-5-3-2-4-6-15)16-9-10-25(22,23)13-16/h2-8,11-12,16,21H,9-10,13H2,1H3/b19-12+. The fourth-order valence-corrected chi connectivity index (χ4v) is 4.52. The predicted molar refractivity (Wildman–Crippen MR) is 98.2 cm³/mol.